The fraction of sp³-hybridized carbons (Fsp3) is 0.444. The Labute approximate surface area is 82.6 Å². The number of rotatable bonds is 4. The zero-order valence-electron chi connectivity index (χ0n) is 7.71. The quantitative estimate of drug-likeness (QED) is 0.749. The van der Waals surface area contributed by atoms with E-state index in [-0.39, 0.29) is 0 Å². The summed E-state index contributed by atoms with van der Waals surface area (Å²) in [5.74, 6) is 0.471. The summed E-state index contributed by atoms with van der Waals surface area (Å²) in [6.45, 7) is 2.92. The van der Waals surface area contributed by atoms with Gasteiger partial charge in [-0.15, -0.1) is 0 Å². The van der Waals surface area contributed by atoms with E-state index in [4.69, 9.17) is 21.1 Å². The lowest BCUT2D eigenvalue weighted by Crippen LogP contribution is -1.98. The van der Waals surface area contributed by atoms with Crippen molar-refractivity contribution in [1.82, 2.24) is 4.98 Å². The molecule has 3 nitrogen and oxygen atoms in total. The first-order valence-electron chi connectivity index (χ1n) is 4.04. The van der Waals surface area contributed by atoms with Gasteiger partial charge in [0.2, 0.25) is 5.88 Å². The van der Waals surface area contributed by atoms with Crippen LogP contribution in [0.2, 0.25) is 5.02 Å². The summed E-state index contributed by atoms with van der Waals surface area (Å²) in [5, 5.41) is 0.534. The van der Waals surface area contributed by atoms with Crippen LogP contribution in [0.5, 0.6) is 5.88 Å². The molecule has 0 aliphatic carbocycles. The SMILES string of the molecule is CCOc1nccc(COC)c1Cl. The second-order valence-corrected chi connectivity index (χ2v) is 2.83. The van der Waals surface area contributed by atoms with Crippen molar-refractivity contribution in [2.75, 3.05) is 13.7 Å². The molecule has 0 radical (unpaired) electrons. The number of aromatic nitrogens is 1. The lowest BCUT2D eigenvalue weighted by atomic mass is 10.3. The fourth-order valence-corrected chi connectivity index (χ4v) is 1.19. The van der Waals surface area contributed by atoms with E-state index in [0.717, 1.165) is 5.56 Å². The van der Waals surface area contributed by atoms with Crippen LogP contribution in [0.25, 0.3) is 0 Å². The summed E-state index contributed by atoms with van der Waals surface area (Å²) < 4.78 is 10.2. The molecule has 0 fully saturated rings. The van der Waals surface area contributed by atoms with Gasteiger partial charge in [-0.25, -0.2) is 4.98 Å². The molecule has 1 heterocycles. The number of methoxy groups -OCH3 is 1. The number of hydrogen-bond acceptors (Lipinski definition) is 3. The first-order valence-corrected chi connectivity index (χ1v) is 4.42. The molecule has 72 valence electrons. The van der Waals surface area contributed by atoms with Crippen molar-refractivity contribution in [2.24, 2.45) is 0 Å². The molecule has 0 spiro atoms. The summed E-state index contributed by atoms with van der Waals surface area (Å²) >= 11 is 6.00. The average molecular weight is 202 g/mol. The molecule has 0 N–H and O–H groups in total. The summed E-state index contributed by atoms with van der Waals surface area (Å²) in [6, 6.07) is 1.81. The van der Waals surface area contributed by atoms with Gasteiger partial charge in [-0.05, 0) is 13.0 Å². The van der Waals surface area contributed by atoms with Gasteiger partial charge in [0.15, 0.2) is 0 Å². The highest BCUT2D eigenvalue weighted by molar-refractivity contribution is 6.32. The molecule has 0 bridgehead atoms. The molecule has 0 amide bonds. The Bertz CT molecular complexity index is 254. The van der Waals surface area contributed by atoms with Crippen molar-refractivity contribution in [3.05, 3.63) is 22.8 Å². The highest BCUT2D eigenvalue weighted by Crippen LogP contribution is 2.25. The number of pyridine rings is 1. The molecular weight excluding hydrogens is 190 g/mol. The van der Waals surface area contributed by atoms with E-state index in [1.54, 1.807) is 13.3 Å². The van der Waals surface area contributed by atoms with Crippen LogP contribution in [-0.4, -0.2) is 18.7 Å². The lowest BCUT2D eigenvalue weighted by Gasteiger charge is -2.07. The molecule has 0 aromatic carbocycles. The standard InChI is InChI=1S/C9H12ClNO2/c1-3-13-9-8(10)7(6-12-2)4-5-11-9/h4-5H,3,6H2,1-2H3. The van der Waals surface area contributed by atoms with E-state index < -0.39 is 0 Å². The van der Waals surface area contributed by atoms with E-state index in [1.807, 2.05) is 13.0 Å². The predicted octanol–water partition coefficient (Wildman–Crippen LogP) is 2.28. The molecule has 0 atom stereocenters. The van der Waals surface area contributed by atoms with Gasteiger partial charge in [0.05, 0.1) is 13.2 Å². The highest BCUT2D eigenvalue weighted by Gasteiger charge is 2.07. The van der Waals surface area contributed by atoms with Crippen molar-refractivity contribution in [3.8, 4) is 5.88 Å². The average Bonchev–Trinajstić information content (AvgIpc) is 2.13. The first kappa shape index (κ1) is 10.3. The minimum Gasteiger partial charge on any atom is -0.477 e. The maximum Gasteiger partial charge on any atom is 0.232 e. The number of hydrogen-bond donors (Lipinski definition) is 0. The van der Waals surface area contributed by atoms with Crippen LogP contribution in [-0.2, 0) is 11.3 Å². The molecule has 0 saturated carbocycles. The molecule has 1 aromatic rings. The van der Waals surface area contributed by atoms with E-state index in [2.05, 4.69) is 4.98 Å². The maximum atomic E-state index is 6.00. The van der Waals surface area contributed by atoms with Crippen LogP contribution in [0.15, 0.2) is 12.3 Å². The van der Waals surface area contributed by atoms with Gasteiger partial charge >= 0.3 is 0 Å². The minimum absolute atomic E-state index is 0.471. The molecule has 0 unspecified atom stereocenters. The number of halogens is 1. The van der Waals surface area contributed by atoms with Crippen molar-refractivity contribution in [2.45, 2.75) is 13.5 Å². The van der Waals surface area contributed by atoms with Crippen molar-refractivity contribution >= 4 is 11.6 Å². The summed E-state index contributed by atoms with van der Waals surface area (Å²) in [4.78, 5) is 4.00. The summed E-state index contributed by atoms with van der Waals surface area (Å²) in [5.41, 5.74) is 0.891. The second-order valence-electron chi connectivity index (χ2n) is 2.46. The van der Waals surface area contributed by atoms with Crippen LogP contribution in [0, 0.1) is 0 Å². The zero-order valence-corrected chi connectivity index (χ0v) is 8.47. The molecular formula is C9H12ClNO2. The third-order valence-electron chi connectivity index (χ3n) is 1.52. The van der Waals surface area contributed by atoms with E-state index in [9.17, 15) is 0 Å². The zero-order chi connectivity index (χ0) is 9.68. The highest BCUT2D eigenvalue weighted by atomic mass is 35.5. The van der Waals surface area contributed by atoms with Crippen molar-refractivity contribution in [1.29, 1.82) is 0 Å². The van der Waals surface area contributed by atoms with Crippen LogP contribution in [0.3, 0.4) is 0 Å². The Hall–Kier alpha value is -0.800. The molecule has 0 saturated heterocycles. The first-order chi connectivity index (χ1) is 6.29. The van der Waals surface area contributed by atoms with Crippen molar-refractivity contribution in [3.63, 3.8) is 0 Å². The largest absolute Gasteiger partial charge is 0.477 e. The van der Waals surface area contributed by atoms with Gasteiger partial charge < -0.3 is 9.47 Å². The van der Waals surface area contributed by atoms with Gasteiger partial charge in [0, 0.05) is 18.9 Å². The van der Waals surface area contributed by atoms with E-state index in [0.29, 0.717) is 24.1 Å². The van der Waals surface area contributed by atoms with Crippen molar-refractivity contribution < 1.29 is 9.47 Å². The molecule has 4 heteroatoms. The maximum absolute atomic E-state index is 6.00. The Morgan fingerprint density at radius 3 is 2.92 bits per heavy atom. The van der Waals surface area contributed by atoms with Crippen LogP contribution in [0.4, 0.5) is 0 Å². The topological polar surface area (TPSA) is 31.4 Å². The Balaban J connectivity index is 2.89. The lowest BCUT2D eigenvalue weighted by molar-refractivity contribution is 0.184. The molecule has 0 aliphatic heterocycles. The third kappa shape index (κ3) is 2.57. The summed E-state index contributed by atoms with van der Waals surface area (Å²) in [7, 11) is 1.62. The fourth-order valence-electron chi connectivity index (χ4n) is 0.966. The molecule has 1 aromatic heterocycles. The van der Waals surface area contributed by atoms with Crippen LogP contribution < -0.4 is 4.74 Å². The molecule has 1 rings (SSSR count). The van der Waals surface area contributed by atoms with Gasteiger partial charge in [-0.1, -0.05) is 11.6 Å². The van der Waals surface area contributed by atoms with Crippen LogP contribution >= 0.6 is 11.6 Å². The second kappa shape index (κ2) is 5.04. The Morgan fingerprint density at radius 1 is 1.54 bits per heavy atom. The Kier molecular flexibility index (Phi) is 3.99. The monoisotopic (exact) mass is 201 g/mol. The van der Waals surface area contributed by atoms with Crippen LogP contribution in [0.1, 0.15) is 12.5 Å². The normalized spacial score (nSPS) is 10.1. The van der Waals surface area contributed by atoms with Gasteiger partial charge in [-0.3, -0.25) is 0 Å². The van der Waals surface area contributed by atoms with Gasteiger partial charge in [0.1, 0.15) is 5.02 Å². The molecule has 0 aliphatic rings. The van der Waals surface area contributed by atoms with Gasteiger partial charge in [-0.2, -0.15) is 0 Å². The molecule has 13 heavy (non-hydrogen) atoms. The predicted molar refractivity (Wildman–Crippen MR) is 51.1 cm³/mol. The summed E-state index contributed by atoms with van der Waals surface area (Å²) in [6.07, 6.45) is 1.66. The number of ether oxygens (including phenoxy) is 2. The minimum atomic E-state index is 0.471. The number of nitrogens with zero attached hydrogens (tertiary/aromatic N) is 1. The van der Waals surface area contributed by atoms with Gasteiger partial charge in [0.25, 0.3) is 0 Å². The third-order valence-corrected chi connectivity index (χ3v) is 1.92. The van der Waals surface area contributed by atoms with E-state index in [1.165, 1.54) is 0 Å². The Morgan fingerprint density at radius 2 is 2.31 bits per heavy atom. The smallest absolute Gasteiger partial charge is 0.232 e. The van der Waals surface area contributed by atoms with E-state index >= 15 is 0 Å².